The fraction of sp³-hybridized carbons (Fsp3) is 0.0175. The fourth-order valence-corrected chi connectivity index (χ4v) is 11.5. The van der Waals surface area contributed by atoms with E-state index in [1.807, 2.05) is 0 Å². The van der Waals surface area contributed by atoms with Crippen LogP contribution in [-0.4, -0.2) is 0 Å². The lowest BCUT2D eigenvalue weighted by Crippen LogP contribution is -2.26. The number of hydrogen-bond donors (Lipinski definition) is 0. The van der Waals surface area contributed by atoms with Crippen LogP contribution in [0.15, 0.2) is 194 Å². The summed E-state index contributed by atoms with van der Waals surface area (Å²) in [6.07, 6.45) is 0. The molecule has 12 aromatic carbocycles. The van der Waals surface area contributed by atoms with Gasteiger partial charge in [-0.15, -0.1) is 0 Å². The molecule has 12 aromatic rings. The highest BCUT2D eigenvalue weighted by atomic mass is 14.5. The molecular formula is C57H32. The molecule has 0 aromatic heterocycles. The Morgan fingerprint density at radius 3 is 1.28 bits per heavy atom. The van der Waals surface area contributed by atoms with Gasteiger partial charge in [0.1, 0.15) is 0 Å². The van der Waals surface area contributed by atoms with E-state index >= 15 is 0 Å². The van der Waals surface area contributed by atoms with E-state index in [0.717, 1.165) is 0 Å². The maximum absolute atomic E-state index is 2.54. The van der Waals surface area contributed by atoms with E-state index in [1.165, 1.54) is 131 Å². The van der Waals surface area contributed by atoms with E-state index in [2.05, 4.69) is 194 Å². The molecule has 0 aliphatic heterocycles. The Labute approximate surface area is 329 Å². The highest BCUT2D eigenvalue weighted by Crippen LogP contribution is 2.63. The summed E-state index contributed by atoms with van der Waals surface area (Å²) in [5.74, 6) is 0. The summed E-state index contributed by atoms with van der Waals surface area (Å²) >= 11 is 0. The molecule has 2 aliphatic rings. The van der Waals surface area contributed by atoms with E-state index in [0.29, 0.717) is 0 Å². The summed E-state index contributed by atoms with van der Waals surface area (Å²) in [4.78, 5) is 0. The first-order valence-corrected chi connectivity index (χ1v) is 20.1. The Bertz CT molecular complexity index is 3630. The van der Waals surface area contributed by atoms with Crippen molar-refractivity contribution in [3.05, 3.63) is 216 Å². The molecule has 0 radical (unpaired) electrons. The molecule has 2 aliphatic carbocycles. The topological polar surface area (TPSA) is 0 Å². The predicted molar refractivity (Wildman–Crippen MR) is 241 cm³/mol. The van der Waals surface area contributed by atoms with Gasteiger partial charge in [-0.25, -0.2) is 0 Å². The van der Waals surface area contributed by atoms with Gasteiger partial charge in [0.2, 0.25) is 0 Å². The number of benzene rings is 12. The first kappa shape index (κ1) is 30.0. The van der Waals surface area contributed by atoms with Crippen molar-refractivity contribution in [2.45, 2.75) is 5.41 Å². The summed E-state index contributed by atoms with van der Waals surface area (Å²) in [7, 11) is 0. The van der Waals surface area contributed by atoms with E-state index in [4.69, 9.17) is 0 Å². The second-order valence-corrected chi connectivity index (χ2v) is 16.3. The van der Waals surface area contributed by atoms with Crippen molar-refractivity contribution in [3.8, 4) is 44.5 Å². The maximum atomic E-state index is 2.54. The van der Waals surface area contributed by atoms with Gasteiger partial charge in [0.15, 0.2) is 0 Å². The first-order chi connectivity index (χ1) is 28.3. The van der Waals surface area contributed by atoms with Crippen LogP contribution in [0, 0.1) is 0 Å². The molecule has 0 atom stereocenters. The predicted octanol–water partition coefficient (Wildman–Crippen LogP) is 15.2. The lowest BCUT2D eigenvalue weighted by molar-refractivity contribution is 0.794. The lowest BCUT2D eigenvalue weighted by atomic mass is 9.70. The molecule has 0 heterocycles. The van der Waals surface area contributed by atoms with E-state index in [9.17, 15) is 0 Å². The van der Waals surface area contributed by atoms with Crippen LogP contribution in [0.3, 0.4) is 0 Å². The van der Waals surface area contributed by atoms with Crippen molar-refractivity contribution < 1.29 is 0 Å². The minimum Gasteiger partial charge on any atom is -0.0619 e. The van der Waals surface area contributed by atoms with Crippen molar-refractivity contribution in [3.63, 3.8) is 0 Å². The van der Waals surface area contributed by atoms with Crippen molar-refractivity contribution in [2.24, 2.45) is 0 Å². The van der Waals surface area contributed by atoms with Crippen LogP contribution in [0.2, 0.25) is 0 Å². The third-order valence-corrected chi connectivity index (χ3v) is 13.7. The molecule has 0 heteroatoms. The van der Waals surface area contributed by atoms with Crippen molar-refractivity contribution >= 4 is 64.6 Å². The lowest BCUT2D eigenvalue weighted by Gasteiger charge is -2.31. The average Bonchev–Trinajstić information content (AvgIpc) is 3.74. The summed E-state index contributed by atoms with van der Waals surface area (Å²) in [5, 5.41) is 15.8. The molecule has 57 heavy (non-hydrogen) atoms. The summed E-state index contributed by atoms with van der Waals surface area (Å²) in [5.41, 5.74) is 15.4. The molecular weight excluding hydrogens is 685 g/mol. The van der Waals surface area contributed by atoms with Gasteiger partial charge in [-0.05, 0) is 150 Å². The molecule has 0 fully saturated rings. The van der Waals surface area contributed by atoms with E-state index < -0.39 is 5.41 Å². The van der Waals surface area contributed by atoms with Crippen molar-refractivity contribution in [1.82, 2.24) is 0 Å². The van der Waals surface area contributed by atoms with E-state index in [1.54, 1.807) is 0 Å². The van der Waals surface area contributed by atoms with Gasteiger partial charge >= 0.3 is 0 Å². The third kappa shape index (κ3) is 3.65. The molecule has 14 rings (SSSR count). The largest absolute Gasteiger partial charge is 0.0725 e. The standard InChI is InChI=1S/C57H32/c1-3-16-49-42(13-1)43-14-2-4-17-50(43)57(49)51-31-38(41-26-22-37-21-19-33-8-5-9-35-23-29-47(41)56(37)53(33)35)24-27-44(51)45-28-25-39(32-52(45)57)48-30-40-12-6-10-34-18-20-36-11-7-15-46(48)55(36)54(34)40/h1-32H. The maximum Gasteiger partial charge on any atom is 0.0725 e. The zero-order valence-corrected chi connectivity index (χ0v) is 31.0. The van der Waals surface area contributed by atoms with Crippen LogP contribution < -0.4 is 0 Å². The highest BCUT2D eigenvalue weighted by Gasteiger charge is 2.51. The van der Waals surface area contributed by atoms with Gasteiger partial charge in [-0.3, -0.25) is 0 Å². The Morgan fingerprint density at radius 1 is 0.228 bits per heavy atom. The monoisotopic (exact) mass is 716 g/mol. The fourth-order valence-electron chi connectivity index (χ4n) is 11.5. The second kappa shape index (κ2) is 10.5. The molecule has 0 N–H and O–H groups in total. The van der Waals surface area contributed by atoms with Crippen LogP contribution in [0.5, 0.6) is 0 Å². The molecule has 0 unspecified atom stereocenters. The van der Waals surface area contributed by atoms with Crippen LogP contribution in [-0.2, 0) is 5.41 Å². The summed E-state index contributed by atoms with van der Waals surface area (Å²) in [6, 6.07) is 74.1. The molecule has 0 saturated carbocycles. The minimum absolute atomic E-state index is 0.465. The molecule has 1 spiro atoms. The third-order valence-electron chi connectivity index (χ3n) is 13.7. The van der Waals surface area contributed by atoms with Crippen LogP contribution in [0.4, 0.5) is 0 Å². The van der Waals surface area contributed by atoms with Crippen LogP contribution in [0.1, 0.15) is 22.3 Å². The van der Waals surface area contributed by atoms with Gasteiger partial charge in [0.05, 0.1) is 5.41 Å². The highest BCUT2D eigenvalue weighted by molar-refractivity contribution is 6.27. The molecule has 0 bridgehead atoms. The van der Waals surface area contributed by atoms with Crippen molar-refractivity contribution in [1.29, 1.82) is 0 Å². The molecule has 260 valence electrons. The van der Waals surface area contributed by atoms with Gasteiger partial charge in [0.25, 0.3) is 0 Å². The Balaban J connectivity index is 1.07. The van der Waals surface area contributed by atoms with Gasteiger partial charge in [-0.2, -0.15) is 0 Å². The second-order valence-electron chi connectivity index (χ2n) is 16.3. The quantitative estimate of drug-likeness (QED) is 0.156. The molecule has 0 nitrogen and oxygen atoms in total. The summed E-state index contributed by atoms with van der Waals surface area (Å²) in [6.45, 7) is 0. The summed E-state index contributed by atoms with van der Waals surface area (Å²) < 4.78 is 0. The average molecular weight is 717 g/mol. The van der Waals surface area contributed by atoms with Crippen LogP contribution in [0.25, 0.3) is 109 Å². The first-order valence-electron chi connectivity index (χ1n) is 20.1. The van der Waals surface area contributed by atoms with Gasteiger partial charge in [0, 0.05) is 0 Å². The Morgan fingerprint density at radius 2 is 0.649 bits per heavy atom. The smallest absolute Gasteiger partial charge is 0.0619 e. The van der Waals surface area contributed by atoms with E-state index in [-0.39, 0.29) is 0 Å². The number of fused-ring (bicyclic) bond motifs is 10. The number of hydrogen-bond acceptors (Lipinski definition) is 0. The van der Waals surface area contributed by atoms with Gasteiger partial charge < -0.3 is 0 Å². The Kier molecular flexibility index (Phi) is 5.53. The van der Waals surface area contributed by atoms with Gasteiger partial charge in [-0.1, -0.05) is 176 Å². The zero-order valence-electron chi connectivity index (χ0n) is 31.0. The normalized spacial score (nSPS) is 13.8. The van der Waals surface area contributed by atoms with Crippen LogP contribution >= 0.6 is 0 Å². The Hall–Kier alpha value is -7.28. The molecule has 0 amide bonds. The SMILES string of the molecule is c1ccc2c(c1)-c1ccccc1C21c2cc(-c3ccc4ccc5cccc6ccc3c4c56)ccc2-c2ccc(-c3cc4cccc5ccc6cccc3c6c54)cc21. The number of rotatable bonds is 2. The molecule has 0 saturated heterocycles. The minimum atomic E-state index is -0.465. The zero-order chi connectivity index (χ0) is 37.0. The van der Waals surface area contributed by atoms with Crippen molar-refractivity contribution in [2.75, 3.05) is 0 Å².